The minimum atomic E-state index is -0.401. The zero-order valence-electron chi connectivity index (χ0n) is 11.2. The summed E-state index contributed by atoms with van der Waals surface area (Å²) in [6.07, 6.45) is 4.08. The van der Waals surface area contributed by atoms with Crippen LogP contribution in [0.2, 0.25) is 0 Å². The Bertz CT molecular complexity index is 376. The molecule has 1 N–H and O–H groups in total. The van der Waals surface area contributed by atoms with E-state index in [0.717, 1.165) is 31.6 Å². The van der Waals surface area contributed by atoms with E-state index in [0.29, 0.717) is 0 Å². The van der Waals surface area contributed by atoms with Crippen LogP contribution in [0.5, 0.6) is 0 Å². The van der Waals surface area contributed by atoms with Crippen LogP contribution in [0.4, 0.5) is 0 Å². The van der Waals surface area contributed by atoms with Crippen LogP contribution in [0.15, 0.2) is 49.6 Å². The summed E-state index contributed by atoms with van der Waals surface area (Å²) in [7, 11) is 0. The highest BCUT2D eigenvalue weighted by Gasteiger charge is 2.09. The van der Waals surface area contributed by atoms with Crippen molar-refractivity contribution in [1.82, 2.24) is 4.90 Å². The Kier molecular flexibility index (Phi) is 6.40. The largest absolute Gasteiger partial charge is 0.388 e. The average molecular weight is 245 g/mol. The smallest absolute Gasteiger partial charge is 0.0802 e. The highest BCUT2D eigenvalue weighted by atomic mass is 16.3. The van der Waals surface area contributed by atoms with Crippen LogP contribution in [0.3, 0.4) is 0 Å². The molecule has 0 saturated carbocycles. The first-order chi connectivity index (χ1) is 8.67. The molecule has 1 aromatic carbocycles. The van der Waals surface area contributed by atoms with E-state index in [4.69, 9.17) is 0 Å². The van der Waals surface area contributed by atoms with Crippen LogP contribution in [0.1, 0.15) is 23.7 Å². The molecule has 1 unspecified atom stereocenters. The normalized spacial score (nSPS) is 12.4. The number of aliphatic hydroxyl groups excluding tert-OH is 1. The number of nitrogens with zero attached hydrogens (tertiary/aromatic N) is 1. The summed E-state index contributed by atoms with van der Waals surface area (Å²) in [6, 6.07) is 8.04. The van der Waals surface area contributed by atoms with E-state index in [-0.39, 0.29) is 0 Å². The van der Waals surface area contributed by atoms with Gasteiger partial charge in [0, 0.05) is 19.6 Å². The maximum absolute atomic E-state index is 10.2. The first-order valence-corrected chi connectivity index (χ1v) is 6.36. The van der Waals surface area contributed by atoms with Crippen LogP contribution in [-0.4, -0.2) is 29.6 Å². The zero-order chi connectivity index (χ0) is 13.4. The van der Waals surface area contributed by atoms with Crippen LogP contribution in [-0.2, 0) is 0 Å². The van der Waals surface area contributed by atoms with Crippen LogP contribution < -0.4 is 0 Å². The second-order valence-corrected chi connectivity index (χ2v) is 4.56. The second kappa shape index (κ2) is 7.85. The van der Waals surface area contributed by atoms with Gasteiger partial charge in [0.15, 0.2) is 0 Å². The van der Waals surface area contributed by atoms with E-state index >= 15 is 0 Å². The standard InChI is InChI=1S/C16H23NO/c1-4-10-17(11-5-2)12-9-16(18)15-8-6-7-14(3)13-15/h4-8,13,16,18H,1-2,9-12H2,3H3. The Balaban J connectivity index is 2.50. The van der Waals surface area contributed by atoms with Crippen molar-refractivity contribution in [3.8, 4) is 0 Å². The molecule has 0 bridgehead atoms. The van der Waals surface area contributed by atoms with Gasteiger partial charge in [-0.25, -0.2) is 0 Å². The van der Waals surface area contributed by atoms with Gasteiger partial charge in [-0.05, 0) is 18.9 Å². The molecule has 18 heavy (non-hydrogen) atoms. The van der Waals surface area contributed by atoms with E-state index in [2.05, 4.69) is 18.1 Å². The highest BCUT2D eigenvalue weighted by Crippen LogP contribution is 2.18. The predicted molar refractivity (Wildman–Crippen MR) is 77.6 cm³/mol. The molecule has 0 saturated heterocycles. The van der Waals surface area contributed by atoms with Gasteiger partial charge in [0.25, 0.3) is 0 Å². The molecule has 1 rings (SSSR count). The van der Waals surface area contributed by atoms with Gasteiger partial charge in [-0.1, -0.05) is 42.0 Å². The monoisotopic (exact) mass is 245 g/mol. The van der Waals surface area contributed by atoms with Gasteiger partial charge < -0.3 is 5.11 Å². The summed E-state index contributed by atoms with van der Waals surface area (Å²) in [5.74, 6) is 0. The van der Waals surface area contributed by atoms with Crippen LogP contribution in [0.25, 0.3) is 0 Å². The average Bonchev–Trinajstić information content (AvgIpc) is 2.36. The third-order valence-electron chi connectivity index (χ3n) is 2.92. The molecule has 0 aromatic heterocycles. The van der Waals surface area contributed by atoms with Crippen molar-refractivity contribution >= 4 is 0 Å². The molecular weight excluding hydrogens is 222 g/mol. The van der Waals surface area contributed by atoms with E-state index < -0.39 is 6.10 Å². The molecule has 98 valence electrons. The van der Waals surface area contributed by atoms with Gasteiger partial charge in [0.05, 0.1) is 6.10 Å². The SMILES string of the molecule is C=CCN(CC=C)CCC(O)c1cccc(C)c1. The van der Waals surface area contributed by atoms with Crippen molar-refractivity contribution in [3.63, 3.8) is 0 Å². The van der Waals surface area contributed by atoms with E-state index in [1.807, 2.05) is 43.3 Å². The summed E-state index contributed by atoms with van der Waals surface area (Å²) in [5, 5.41) is 10.2. The first-order valence-electron chi connectivity index (χ1n) is 6.36. The summed E-state index contributed by atoms with van der Waals surface area (Å²) in [6.45, 7) is 12.0. The van der Waals surface area contributed by atoms with Crippen LogP contribution in [0, 0.1) is 6.92 Å². The summed E-state index contributed by atoms with van der Waals surface area (Å²) < 4.78 is 0. The molecule has 0 heterocycles. The number of hydrogen-bond donors (Lipinski definition) is 1. The lowest BCUT2D eigenvalue weighted by atomic mass is 10.0. The summed E-state index contributed by atoms with van der Waals surface area (Å²) in [4.78, 5) is 2.21. The van der Waals surface area contributed by atoms with E-state index in [1.165, 1.54) is 5.56 Å². The van der Waals surface area contributed by atoms with Gasteiger partial charge in [0.2, 0.25) is 0 Å². The van der Waals surface area contributed by atoms with Crippen molar-refractivity contribution in [1.29, 1.82) is 0 Å². The van der Waals surface area contributed by atoms with Gasteiger partial charge in [-0.15, -0.1) is 13.2 Å². The Morgan fingerprint density at radius 2 is 1.94 bits per heavy atom. The maximum Gasteiger partial charge on any atom is 0.0802 e. The molecular formula is C16H23NO. The summed E-state index contributed by atoms with van der Waals surface area (Å²) >= 11 is 0. The Morgan fingerprint density at radius 1 is 1.28 bits per heavy atom. The maximum atomic E-state index is 10.2. The number of rotatable bonds is 8. The molecule has 0 aliphatic rings. The molecule has 2 nitrogen and oxygen atoms in total. The first kappa shape index (κ1) is 14.7. The van der Waals surface area contributed by atoms with Crippen molar-refractivity contribution in [2.24, 2.45) is 0 Å². The molecule has 2 heteroatoms. The molecule has 1 aromatic rings. The van der Waals surface area contributed by atoms with Gasteiger partial charge in [-0.3, -0.25) is 4.90 Å². The Morgan fingerprint density at radius 3 is 2.50 bits per heavy atom. The van der Waals surface area contributed by atoms with Crippen molar-refractivity contribution in [2.75, 3.05) is 19.6 Å². The minimum Gasteiger partial charge on any atom is -0.388 e. The van der Waals surface area contributed by atoms with Crippen molar-refractivity contribution in [2.45, 2.75) is 19.4 Å². The van der Waals surface area contributed by atoms with E-state index in [9.17, 15) is 5.11 Å². The number of benzene rings is 1. The molecule has 0 amide bonds. The molecule has 1 atom stereocenters. The zero-order valence-corrected chi connectivity index (χ0v) is 11.2. The molecule has 0 spiro atoms. The lowest BCUT2D eigenvalue weighted by Gasteiger charge is -2.20. The number of aliphatic hydroxyl groups is 1. The fraction of sp³-hybridized carbons (Fsp3) is 0.375. The fourth-order valence-electron chi connectivity index (χ4n) is 1.97. The van der Waals surface area contributed by atoms with Crippen molar-refractivity contribution in [3.05, 3.63) is 60.7 Å². The van der Waals surface area contributed by atoms with E-state index in [1.54, 1.807) is 0 Å². The second-order valence-electron chi connectivity index (χ2n) is 4.56. The number of aryl methyl sites for hydroxylation is 1. The predicted octanol–water partition coefficient (Wildman–Crippen LogP) is 3.09. The highest BCUT2D eigenvalue weighted by molar-refractivity contribution is 5.23. The number of hydrogen-bond acceptors (Lipinski definition) is 2. The minimum absolute atomic E-state index is 0.401. The summed E-state index contributed by atoms with van der Waals surface area (Å²) in [5.41, 5.74) is 2.17. The van der Waals surface area contributed by atoms with Crippen molar-refractivity contribution < 1.29 is 5.11 Å². The molecule has 0 aliphatic carbocycles. The lowest BCUT2D eigenvalue weighted by Crippen LogP contribution is -2.26. The lowest BCUT2D eigenvalue weighted by molar-refractivity contribution is 0.148. The van der Waals surface area contributed by atoms with Crippen LogP contribution >= 0.6 is 0 Å². The fourth-order valence-corrected chi connectivity index (χ4v) is 1.97. The molecule has 0 fully saturated rings. The Labute approximate surface area is 110 Å². The third kappa shape index (κ3) is 4.86. The topological polar surface area (TPSA) is 23.5 Å². The van der Waals surface area contributed by atoms with Gasteiger partial charge in [-0.2, -0.15) is 0 Å². The Hall–Kier alpha value is -1.38. The van der Waals surface area contributed by atoms with Gasteiger partial charge >= 0.3 is 0 Å². The molecule has 0 radical (unpaired) electrons. The molecule has 0 aliphatic heterocycles. The van der Waals surface area contributed by atoms with Gasteiger partial charge in [0.1, 0.15) is 0 Å². The third-order valence-corrected chi connectivity index (χ3v) is 2.92. The quantitative estimate of drug-likeness (QED) is 0.711.